The maximum absolute atomic E-state index is 3.92. The van der Waals surface area contributed by atoms with E-state index < -0.39 is 0 Å². The van der Waals surface area contributed by atoms with Crippen molar-refractivity contribution in [3.63, 3.8) is 0 Å². The summed E-state index contributed by atoms with van der Waals surface area (Å²) in [5, 5.41) is 19.1. The average molecular weight is 299 g/mol. The van der Waals surface area contributed by atoms with Gasteiger partial charge in [0, 0.05) is 6.04 Å². The minimum Gasteiger partial charge on any atom is -0.310 e. The van der Waals surface area contributed by atoms with E-state index in [-0.39, 0.29) is 0 Å². The van der Waals surface area contributed by atoms with Gasteiger partial charge in [0.15, 0.2) is 0 Å². The minimum atomic E-state index is 0.292. The van der Waals surface area contributed by atoms with Gasteiger partial charge in [0.2, 0.25) is 0 Å². The lowest BCUT2D eigenvalue weighted by molar-refractivity contribution is 0.576. The Hall–Kier alpha value is -2.05. The number of hydrogen-bond donors (Lipinski definition) is 1. The molecular weight excluding hydrogens is 282 g/mol. The Morgan fingerprint density at radius 3 is 3.05 bits per heavy atom. The molecular formula is C15H17N5S. The number of thiophene rings is 1. The molecule has 0 radical (unpaired) electrons. The Bertz CT molecular complexity index is 663. The van der Waals surface area contributed by atoms with E-state index in [1.807, 2.05) is 12.1 Å². The summed E-state index contributed by atoms with van der Waals surface area (Å²) < 4.78 is 1.67. The maximum atomic E-state index is 3.92. The Kier molecular flexibility index (Phi) is 4.37. The van der Waals surface area contributed by atoms with Crippen LogP contribution in [0.2, 0.25) is 0 Å². The van der Waals surface area contributed by atoms with E-state index >= 15 is 0 Å². The second-order valence-corrected chi connectivity index (χ2v) is 5.69. The molecule has 1 unspecified atom stereocenters. The normalized spacial score (nSPS) is 12.4. The molecule has 0 aliphatic heterocycles. The van der Waals surface area contributed by atoms with Crippen molar-refractivity contribution >= 4 is 11.3 Å². The molecule has 0 aliphatic carbocycles. The van der Waals surface area contributed by atoms with E-state index in [9.17, 15) is 0 Å². The molecule has 1 atom stereocenters. The van der Waals surface area contributed by atoms with Gasteiger partial charge in [0.25, 0.3) is 0 Å². The summed E-state index contributed by atoms with van der Waals surface area (Å²) in [7, 11) is 0. The second kappa shape index (κ2) is 6.60. The second-order valence-electron chi connectivity index (χ2n) is 4.91. The first-order valence-corrected chi connectivity index (χ1v) is 7.85. The lowest BCUT2D eigenvalue weighted by Gasteiger charge is -2.15. The highest BCUT2D eigenvalue weighted by Crippen LogP contribution is 2.16. The molecule has 0 aliphatic rings. The van der Waals surface area contributed by atoms with E-state index in [1.165, 1.54) is 11.1 Å². The number of hydrogen-bond acceptors (Lipinski definition) is 5. The van der Waals surface area contributed by atoms with E-state index in [2.05, 4.69) is 56.7 Å². The topological polar surface area (TPSA) is 55.6 Å². The fourth-order valence-electron chi connectivity index (χ4n) is 2.20. The number of tetrazole rings is 1. The molecule has 1 N–H and O–H groups in total. The smallest absolute Gasteiger partial charge is 0.143 e. The molecule has 108 valence electrons. The molecule has 1 aromatic carbocycles. The zero-order chi connectivity index (χ0) is 14.5. The van der Waals surface area contributed by atoms with Gasteiger partial charge in [-0.25, -0.2) is 4.68 Å². The molecule has 0 saturated heterocycles. The molecule has 0 fully saturated rings. The number of nitrogens with one attached hydrogen (secondary N) is 1. The van der Waals surface area contributed by atoms with Crippen LogP contribution in [0.3, 0.4) is 0 Å². The van der Waals surface area contributed by atoms with Crippen LogP contribution in [0.5, 0.6) is 0 Å². The van der Waals surface area contributed by atoms with Crippen LogP contribution in [0.15, 0.2) is 47.4 Å². The summed E-state index contributed by atoms with van der Waals surface area (Å²) in [5.41, 5.74) is 3.60. The quantitative estimate of drug-likeness (QED) is 0.760. The van der Waals surface area contributed by atoms with Crippen LogP contribution in [-0.2, 0) is 6.42 Å². The highest BCUT2D eigenvalue weighted by molar-refractivity contribution is 7.07. The Morgan fingerprint density at radius 1 is 1.33 bits per heavy atom. The van der Waals surface area contributed by atoms with Gasteiger partial charge < -0.3 is 5.32 Å². The molecule has 6 heteroatoms. The molecule has 3 aromatic rings. The third-order valence-corrected chi connectivity index (χ3v) is 4.16. The predicted octanol–water partition coefficient (Wildman–Crippen LogP) is 2.62. The Balaban J connectivity index is 1.62. The maximum Gasteiger partial charge on any atom is 0.143 e. The van der Waals surface area contributed by atoms with E-state index in [4.69, 9.17) is 0 Å². The van der Waals surface area contributed by atoms with Crippen LogP contribution in [0, 0.1) is 0 Å². The van der Waals surface area contributed by atoms with Crippen LogP contribution in [-0.4, -0.2) is 26.8 Å². The summed E-state index contributed by atoms with van der Waals surface area (Å²) in [4.78, 5) is 0. The molecule has 2 aromatic heterocycles. The first kappa shape index (κ1) is 13.9. The molecule has 5 nitrogen and oxygen atoms in total. The standard InChI is InChI=1S/C15H17N5S/c1-12(16-7-5-13-6-8-21-10-13)14-3-2-4-15(9-14)20-11-17-18-19-20/h2-4,6,8-12,16H,5,7H2,1H3. The molecule has 2 heterocycles. The number of benzene rings is 1. The van der Waals surface area contributed by atoms with Gasteiger partial charge in [0.05, 0.1) is 5.69 Å². The van der Waals surface area contributed by atoms with Crippen molar-refractivity contribution < 1.29 is 0 Å². The molecule has 0 amide bonds. The third-order valence-electron chi connectivity index (χ3n) is 3.43. The van der Waals surface area contributed by atoms with Gasteiger partial charge in [-0.15, -0.1) is 5.10 Å². The highest BCUT2D eigenvalue weighted by Gasteiger charge is 2.07. The van der Waals surface area contributed by atoms with Crippen molar-refractivity contribution in [3.8, 4) is 5.69 Å². The molecule has 3 rings (SSSR count). The van der Waals surface area contributed by atoms with Gasteiger partial charge in [-0.3, -0.25) is 0 Å². The Morgan fingerprint density at radius 2 is 2.29 bits per heavy atom. The van der Waals surface area contributed by atoms with Crippen molar-refractivity contribution in [2.75, 3.05) is 6.54 Å². The molecule has 0 bridgehead atoms. The lowest BCUT2D eigenvalue weighted by atomic mass is 10.1. The first-order valence-electron chi connectivity index (χ1n) is 6.91. The number of rotatable bonds is 6. The average Bonchev–Trinajstić information content (AvgIpc) is 3.21. The fraction of sp³-hybridized carbons (Fsp3) is 0.267. The van der Waals surface area contributed by atoms with Crippen molar-refractivity contribution in [1.82, 2.24) is 25.5 Å². The van der Waals surface area contributed by atoms with Crippen molar-refractivity contribution in [2.24, 2.45) is 0 Å². The van der Waals surface area contributed by atoms with E-state index in [0.29, 0.717) is 6.04 Å². The van der Waals surface area contributed by atoms with Crippen molar-refractivity contribution in [2.45, 2.75) is 19.4 Å². The molecule has 0 spiro atoms. The lowest BCUT2D eigenvalue weighted by Crippen LogP contribution is -2.21. The van der Waals surface area contributed by atoms with Crippen LogP contribution in [0.1, 0.15) is 24.1 Å². The largest absolute Gasteiger partial charge is 0.310 e. The fourth-order valence-corrected chi connectivity index (χ4v) is 2.91. The molecule has 0 saturated carbocycles. The van der Waals surface area contributed by atoms with E-state index in [1.54, 1.807) is 22.3 Å². The third kappa shape index (κ3) is 3.53. The van der Waals surface area contributed by atoms with Gasteiger partial charge >= 0.3 is 0 Å². The van der Waals surface area contributed by atoms with Gasteiger partial charge in [-0.05, 0) is 70.4 Å². The van der Waals surface area contributed by atoms with Crippen molar-refractivity contribution in [3.05, 3.63) is 58.5 Å². The summed E-state index contributed by atoms with van der Waals surface area (Å²) in [6, 6.07) is 10.7. The number of aromatic nitrogens is 4. The summed E-state index contributed by atoms with van der Waals surface area (Å²) in [5.74, 6) is 0. The monoisotopic (exact) mass is 299 g/mol. The van der Waals surface area contributed by atoms with Gasteiger partial charge in [-0.1, -0.05) is 12.1 Å². The highest BCUT2D eigenvalue weighted by atomic mass is 32.1. The van der Waals surface area contributed by atoms with Crippen molar-refractivity contribution in [1.29, 1.82) is 0 Å². The zero-order valence-electron chi connectivity index (χ0n) is 11.8. The molecule has 21 heavy (non-hydrogen) atoms. The zero-order valence-corrected chi connectivity index (χ0v) is 12.6. The van der Waals surface area contributed by atoms with Crippen LogP contribution in [0.25, 0.3) is 5.69 Å². The van der Waals surface area contributed by atoms with E-state index in [0.717, 1.165) is 18.7 Å². The summed E-state index contributed by atoms with van der Waals surface area (Å²) in [6.45, 7) is 3.14. The number of nitrogens with zero attached hydrogens (tertiary/aromatic N) is 4. The SMILES string of the molecule is CC(NCCc1ccsc1)c1cccc(-n2cnnn2)c1. The van der Waals surface area contributed by atoms with Gasteiger partial charge in [-0.2, -0.15) is 11.3 Å². The van der Waals surface area contributed by atoms with Crippen LogP contribution >= 0.6 is 11.3 Å². The Labute approximate surface area is 127 Å². The summed E-state index contributed by atoms with van der Waals surface area (Å²) in [6.07, 6.45) is 2.66. The van der Waals surface area contributed by atoms with Crippen LogP contribution in [0.4, 0.5) is 0 Å². The van der Waals surface area contributed by atoms with Gasteiger partial charge in [0.1, 0.15) is 6.33 Å². The summed E-state index contributed by atoms with van der Waals surface area (Å²) >= 11 is 1.75. The first-order chi connectivity index (χ1) is 10.3. The predicted molar refractivity (Wildman–Crippen MR) is 83.6 cm³/mol. The van der Waals surface area contributed by atoms with Crippen LogP contribution < -0.4 is 5.32 Å². The minimum absolute atomic E-state index is 0.292.